The van der Waals surface area contributed by atoms with E-state index in [-0.39, 0.29) is 5.41 Å². The molecule has 1 N–H and O–H groups in total. The van der Waals surface area contributed by atoms with E-state index in [0.29, 0.717) is 6.04 Å². The Hall–Kier alpha value is -1.12. The van der Waals surface area contributed by atoms with Crippen molar-refractivity contribution in [2.45, 2.75) is 50.5 Å². The second kappa shape index (κ2) is 6.76. The van der Waals surface area contributed by atoms with Gasteiger partial charge < -0.3 is 5.32 Å². The van der Waals surface area contributed by atoms with Gasteiger partial charge in [-0.15, -0.1) is 0 Å². The summed E-state index contributed by atoms with van der Waals surface area (Å²) in [5.41, 5.74) is 3.24. The van der Waals surface area contributed by atoms with Crippen LogP contribution in [-0.2, 0) is 5.41 Å². The lowest BCUT2D eigenvalue weighted by Crippen LogP contribution is -2.43. The monoisotopic (exact) mass is 299 g/mol. The summed E-state index contributed by atoms with van der Waals surface area (Å²) in [5.74, 6) is 0. The van der Waals surface area contributed by atoms with Gasteiger partial charge in [-0.05, 0) is 47.3 Å². The van der Waals surface area contributed by atoms with Gasteiger partial charge in [0.15, 0.2) is 0 Å². The number of benzene rings is 1. The van der Waals surface area contributed by atoms with E-state index in [9.17, 15) is 0 Å². The average molecular weight is 299 g/mol. The van der Waals surface area contributed by atoms with Crippen molar-refractivity contribution in [1.29, 1.82) is 0 Å². The molecule has 0 amide bonds. The second-order valence-electron chi connectivity index (χ2n) is 6.13. The molecule has 0 saturated heterocycles. The van der Waals surface area contributed by atoms with Crippen LogP contribution < -0.4 is 5.32 Å². The van der Waals surface area contributed by atoms with Crippen molar-refractivity contribution in [3.63, 3.8) is 0 Å². The maximum atomic E-state index is 3.80. The van der Waals surface area contributed by atoms with Crippen LogP contribution in [0.2, 0.25) is 0 Å². The van der Waals surface area contributed by atoms with E-state index in [0.717, 1.165) is 6.54 Å². The summed E-state index contributed by atoms with van der Waals surface area (Å²) < 4.78 is 0. The van der Waals surface area contributed by atoms with Crippen molar-refractivity contribution in [1.82, 2.24) is 5.32 Å². The molecule has 1 aromatic heterocycles. The number of rotatable bonds is 5. The molecule has 1 saturated carbocycles. The lowest BCUT2D eigenvalue weighted by molar-refractivity contribution is 0.216. The summed E-state index contributed by atoms with van der Waals surface area (Å²) in [6.07, 6.45) is 6.67. The molecule has 1 heterocycles. The van der Waals surface area contributed by atoms with Gasteiger partial charge in [0.2, 0.25) is 0 Å². The topological polar surface area (TPSA) is 12.0 Å². The molecule has 1 fully saturated rings. The van der Waals surface area contributed by atoms with E-state index >= 15 is 0 Å². The highest BCUT2D eigenvalue weighted by molar-refractivity contribution is 7.08. The third-order valence-electron chi connectivity index (χ3n) is 4.93. The van der Waals surface area contributed by atoms with Crippen LogP contribution in [0.1, 0.15) is 56.2 Å². The fourth-order valence-electron chi connectivity index (χ4n) is 3.97. The van der Waals surface area contributed by atoms with Crippen LogP contribution in [0.15, 0.2) is 47.2 Å². The predicted molar refractivity (Wildman–Crippen MR) is 91.9 cm³/mol. The first kappa shape index (κ1) is 14.8. The highest BCUT2D eigenvalue weighted by atomic mass is 32.1. The molecule has 1 atom stereocenters. The molecule has 1 nitrogen and oxygen atoms in total. The van der Waals surface area contributed by atoms with E-state index in [1.54, 1.807) is 0 Å². The molecule has 0 bridgehead atoms. The lowest BCUT2D eigenvalue weighted by atomic mass is 9.63. The SMILES string of the molecule is CCNC(c1ccsc1)C1(c2ccccc2)CCCCC1. The molecule has 21 heavy (non-hydrogen) atoms. The van der Waals surface area contributed by atoms with E-state index in [2.05, 4.69) is 59.4 Å². The minimum absolute atomic E-state index is 0.261. The molecule has 3 rings (SSSR count). The fraction of sp³-hybridized carbons (Fsp3) is 0.474. The smallest absolute Gasteiger partial charge is 0.0426 e. The van der Waals surface area contributed by atoms with Crippen LogP contribution in [-0.4, -0.2) is 6.54 Å². The summed E-state index contributed by atoms with van der Waals surface area (Å²) >= 11 is 1.81. The molecule has 1 aromatic carbocycles. The van der Waals surface area contributed by atoms with Gasteiger partial charge in [-0.25, -0.2) is 0 Å². The van der Waals surface area contributed by atoms with Crippen LogP contribution in [0.4, 0.5) is 0 Å². The number of hydrogen-bond donors (Lipinski definition) is 1. The molecule has 1 aliphatic rings. The maximum Gasteiger partial charge on any atom is 0.0426 e. The van der Waals surface area contributed by atoms with E-state index in [4.69, 9.17) is 0 Å². The molecule has 1 unspecified atom stereocenters. The summed E-state index contributed by atoms with van der Waals surface area (Å²) in [6, 6.07) is 13.9. The number of nitrogens with one attached hydrogen (secondary N) is 1. The Labute approximate surface area is 132 Å². The zero-order chi connectivity index (χ0) is 14.5. The Bertz CT molecular complexity index is 526. The zero-order valence-electron chi connectivity index (χ0n) is 12.8. The first-order chi connectivity index (χ1) is 10.4. The van der Waals surface area contributed by atoms with Gasteiger partial charge in [-0.3, -0.25) is 0 Å². The molecule has 0 aliphatic heterocycles. The quantitative estimate of drug-likeness (QED) is 0.790. The molecule has 0 radical (unpaired) electrons. The molecule has 2 aromatic rings. The van der Waals surface area contributed by atoms with Crippen LogP contribution in [0, 0.1) is 0 Å². The third kappa shape index (κ3) is 2.93. The van der Waals surface area contributed by atoms with Crippen LogP contribution in [0.25, 0.3) is 0 Å². The Morgan fingerprint density at radius 1 is 1.10 bits per heavy atom. The Morgan fingerprint density at radius 3 is 2.48 bits per heavy atom. The van der Waals surface area contributed by atoms with Gasteiger partial charge in [-0.1, -0.05) is 56.5 Å². The first-order valence-corrected chi connectivity index (χ1v) is 9.12. The highest BCUT2D eigenvalue weighted by Gasteiger charge is 2.41. The van der Waals surface area contributed by atoms with Gasteiger partial charge in [-0.2, -0.15) is 11.3 Å². The van der Waals surface area contributed by atoms with Crippen molar-refractivity contribution in [3.05, 3.63) is 58.3 Å². The van der Waals surface area contributed by atoms with E-state index in [1.807, 2.05) is 11.3 Å². The molecular weight excluding hydrogens is 274 g/mol. The van der Waals surface area contributed by atoms with Gasteiger partial charge in [0, 0.05) is 11.5 Å². The van der Waals surface area contributed by atoms with Crippen molar-refractivity contribution in [2.24, 2.45) is 0 Å². The molecule has 2 heteroatoms. The van der Waals surface area contributed by atoms with Crippen LogP contribution in [0.5, 0.6) is 0 Å². The van der Waals surface area contributed by atoms with Crippen molar-refractivity contribution < 1.29 is 0 Å². The largest absolute Gasteiger partial charge is 0.309 e. The molecule has 112 valence electrons. The second-order valence-corrected chi connectivity index (χ2v) is 6.91. The average Bonchev–Trinajstić information content (AvgIpc) is 3.08. The zero-order valence-corrected chi connectivity index (χ0v) is 13.7. The van der Waals surface area contributed by atoms with Crippen LogP contribution in [0.3, 0.4) is 0 Å². The van der Waals surface area contributed by atoms with Gasteiger partial charge >= 0.3 is 0 Å². The first-order valence-electron chi connectivity index (χ1n) is 8.18. The fourth-order valence-corrected chi connectivity index (χ4v) is 4.66. The summed E-state index contributed by atoms with van der Waals surface area (Å²) in [7, 11) is 0. The van der Waals surface area contributed by atoms with E-state index in [1.165, 1.54) is 43.2 Å². The summed E-state index contributed by atoms with van der Waals surface area (Å²) in [5, 5.41) is 8.34. The third-order valence-corrected chi connectivity index (χ3v) is 5.63. The van der Waals surface area contributed by atoms with Crippen molar-refractivity contribution in [2.75, 3.05) is 6.54 Å². The normalized spacial score (nSPS) is 19.3. The van der Waals surface area contributed by atoms with E-state index < -0.39 is 0 Å². The van der Waals surface area contributed by atoms with Crippen LogP contribution >= 0.6 is 11.3 Å². The Kier molecular flexibility index (Phi) is 4.77. The number of hydrogen-bond acceptors (Lipinski definition) is 2. The summed E-state index contributed by atoms with van der Waals surface area (Å²) in [6.45, 7) is 3.25. The number of likely N-dealkylation sites (N-methyl/N-ethyl adjacent to an activating group) is 1. The highest BCUT2D eigenvalue weighted by Crippen LogP contribution is 2.48. The van der Waals surface area contributed by atoms with Gasteiger partial charge in [0.25, 0.3) is 0 Å². The standard InChI is InChI=1S/C19H25NS/c1-2-20-18(16-11-14-21-15-16)19(12-7-4-8-13-19)17-9-5-3-6-10-17/h3,5-6,9-11,14-15,18,20H,2,4,7-8,12-13H2,1H3. The number of thiophene rings is 1. The maximum absolute atomic E-state index is 3.80. The Balaban J connectivity index is 2.04. The Morgan fingerprint density at radius 2 is 1.86 bits per heavy atom. The van der Waals surface area contributed by atoms with Crippen molar-refractivity contribution >= 4 is 11.3 Å². The van der Waals surface area contributed by atoms with Gasteiger partial charge in [0.05, 0.1) is 0 Å². The molecule has 1 aliphatic carbocycles. The predicted octanol–water partition coefficient (Wildman–Crippen LogP) is 5.30. The van der Waals surface area contributed by atoms with Crippen molar-refractivity contribution in [3.8, 4) is 0 Å². The molecular formula is C19H25NS. The lowest BCUT2D eigenvalue weighted by Gasteiger charge is -2.44. The van der Waals surface area contributed by atoms with Gasteiger partial charge in [0.1, 0.15) is 0 Å². The minimum Gasteiger partial charge on any atom is -0.309 e. The minimum atomic E-state index is 0.261. The summed E-state index contributed by atoms with van der Waals surface area (Å²) in [4.78, 5) is 0. The molecule has 0 spiro atoms.